The van der Waals surface area contributed by atoms with Gasteiger partial charge in [-0.1, -0.05) is 6.92 Å². The van der Waals surface area contributed by atoms with E-state index in [-0.39, 0.29) is 23.4 Å². The molecule has 0 spiro atoms. The molecule has 4 saturated carbocycles. The van der Waals surface area contributed by atoms with E-state index in [2.05, 4.69) is 17.1 Å². The third-order valence-electron chi connectivity index (χ3n) is 9.40. The number of ether oxygens (including phenoxy) is 2. The predicted molar refractivity (Wildman–Crippen MR) is 146 cm³/mol. The highest BCUT2D eigenvalue weighted by Crippen LogP contribution is 2.59. The van der Waals surface area contributed by atoms with Crippen LogP contribution in [0, 0.1) is 29.6 Å². The monoisotopic (exact) mass is 529 g/mol. The highest BCUT2D eigenvalue weighted by molar-refractivity contribution is 7.99. The van der Waals surface area contributed by atoms with Crippen LogP contribution in [-0.2, 0) is 14.3 Å². The minimum Gasteiger partial charge on any atom is -0.469 e. The van der Waals surface area contributed by atoms with Gasteiger partial charge in [-0.15, -0.1) is 11.8 Å². The SMILES string of the molecule is CCCSc1nc(N2CCC[C@@H](CC(=O)OC)C2)ccc1C(=O)NCC1[C@H]2CC3C[C@H]1CC(OC)(C3)C2. The number of carbonyl (C=O) groups excluding carboxylic acids is 2. The Kier molecular flexibility index (Phi) is 8.34. The number of esters is 1. The largest absolute Gasteiger partial charge is 0.469 e. The molecule has 1 amide bonds. The van der Waals surface area contributed by atoms with Gasteiger partial charge in [0.25, 0.3) is 5.91 Å². The minimum atomic E-state index is -0.150. The summed E-state index contributed by atoms with van der Waals surface area (Å²) >= 11 is 1.67. The number of aromatic nitrogens is 1. The number of hydrogen-bond donors (Lipinski definition) is 1. The Labute approximate surface area is 225 Å². The number of pyridine rings is 1. The van der Waals surface area contributed by atoms with Crippen LogP contribution in [0.5, 0.6) is 0 Å². The molecular formula is C29H43N3O4S. The second-order valence-corrected chi connectivity index (χ2v) is 12.9. The van der Waals surface area contributed by atoms with Gasteiger partial charge in [0, 0.05) is 33.2 Å². The van der Waals surface area contributed by atoms with Gasteiger partial charge in [-0.05, 0) is 98.8 Å². The van der Waals surface area contributed by atoms with Gasteiger partial charge in [0.2, 0.25) is 0 Å². The number of piperidine rings is 1. The fourth-order valence-electron chi connectivity index (χ4n) is 7.79. The third kappa shape index (κ3) is 5.80. The number of hydrogen-bond acceptors (Lipinski definition) is 7. The Morgan fingerprint density at radius 1 is 1.19 bits per heavy atom. The predicted octanol–water partition coefficient (Wildman–Crippen LogP) is 4.93. The molecule has 204 valence electrons. The van der Waals surface area contributed by atoms with Crippen LogP contribution in [0.3, 0.4) is 0 Å². The van der Waals surface area contributed by atoms with Gasteiger partial charge < -0.3 is 19.7 Å². The molecule has 0 radical (unpaired) electrons. The second kappa shape index (κ2) is 11.5. The first-order valence-corrected chi connectivity index (χ1v) is 15.2. The lowest BCUT2D eigenvalue weighted by atomic mass is 9.50. The third-order valence-corrected chi connectivity index (χ3v) is 10.6. The molecule has 1 aliphatic heterocycles. The normalized spacial score (nSPS) is 32.4. The van der Waals surface area contributed by atoms with Crippen LogP contribution in [0.15, 0.2) is 17.2 Å². The lowest BCUT2D eigenvalue weighted by Crippen LogP contribution is -2.57. The molecule has 4 aliphatic carbocycles. The molecule has 6 rings (SSSR count). The lowest BCUT2D eigenvalue weighted by Gasteiger charge is -2.59. The molecule has 1 aromatic rings. The lowest BCUT2D eigenvalue weighted by molar-refractivity contribution is -0.167. The smallest absolute Gasteiger partial charge is 0.305 e. The van der Waals surface area contributed by atoms with Crippen LogP contribution in [0.1, 0.15) is 75.1 Å². The molecule has 37 heavy (non-hydrogen) atoms. The fourth-order valence-corrected chi connectivity index (χ4v) is 8.66. The van der Waals surface area contributed by atoms with Crippen LogP contribution < -0.4 is 10.2 Å². The van der Waals surface area contributed by atoms with Crippen molar-refractivity contribution in [2.45, 2.75) is 75.3 Å². The van der Waals surface area contributed by atoms with E-state index in [0.29, 0.717) is 29.7 Å². The van der Waals surface area contributed by atoms with Crippen molar-refractivity contribution in [3.8, 4) is 0 Å². The molecule has 1 saturated heterocycles. The van der Waals surface area contributed by atoms with Gasteiger partial charge in [-0.2, -0.15) is 0 Å². The zero-order valence-electron chi connectivity index (χ0n) is 22.7. The van der Waals surface area contributed by atoms with Crippen LogP contribution in [0.4, 0.5) is 5.82 Å². The molecule has 5 fully saturated rings. The molecule has 7 nitrogen and oxygen atoms in total. The number of nitrogens with zero attached hydrogens (tertiary/aromatic N) is 2. The maximum absolute atomic E-state index is 13.4. The van der Waals surface area contributed by atoms with E-state index in [9.17, 15) is 9.59 Å². The summed E-state index contributed by atoms with van der Waals surface area (Å²) in [6.07, 6.45) is 9.64. The summed E-state index contributed by atoms with van der Waals surface area (Å²) in [4.78, 5) is 32.4. The molecule has 0 aromatic carbocycles. The number of amides is 1. The Bertz CT molecular complexity index is 972. The molecule has 1 N–H and O–H groups in total. The van der Waals surface area contributed by atoms with Gasteiger partial charge in [0.05, 0.1) is 18.3 Å². The van der Waals surface area contributed by atoms with E-state index >= 15 is 0 Å². The summed E-state index contributed by atoms with van der Waals surface area (Å²) in [5.41, 5.74) is 0.785. The standard InChI is InChI=1S/C29H43N3O4S/c1-4-10-37-28-23(7-8-25(31-28)32-9-5-6-19(18-32)13-26(33)35-2)27(34)30-17-24-21-11-20-12-22(24)16-29(14-20,15-21)36-3/h7-8,19-22,24H,4-6,9-18H2,1-3H3,(H,30,34)/t19-,20?,21-,22-,24?,29?/m0/s1. The van der Waals surface area contributed by atoms with Gasteiger partial charge in [-0.3, -0.25) is 9.59 Å². The number of anilines is 1. The van der Waals surface area contributed by atoms with Gasteiger partial charge in [0.1, 0.15) is 10.8 Å². The number of carbonyl (C=O) groups is 2. The van der Waals surface area contributed by atoms with Crippen LogP contribution >= 0.6 is 11.8 Å². The van der Waals surface area contributed by atoms with Gasteiger partial charge in [0.15, 0.2) is 0 Å². The first-order valence-electron chi connectivity index (χ1n) is 14.2. The van der Waals surface area contributed by atoms with Crippen molar-refractivity contribution in [1.29, 1.82) is 0 Å². The van der Waals surface area contributed by atoms with Crippen LogP contribution in [0.25, 0.3) is 0 Å². The maximum Gasteiger partial charge on any atom is 0.305 e. The van der Waals surface area contributed by atoms with Crippen molar-refractivity contribution < 1.29 is 19.1 Å². The average molecular weight is 530 g/mol. The molecule has 2 heterocycles. The van der Waals surface area contributed by atoms with Crippen LogP contribution in [-0.4, -0.2) is 62.1 Å². The quantitative estimate of drug-likeness (QED) is 0.340. The summed E-state index contributed by atoms with van der Waals surface area (Å²) in [5.74, 6) is 4.64. The number of methoxy groups -OCH3 is 2. The van der Waals surface area contributed by atoms with Crippen LogP contribution in [0.2, 0.25) is 0 Å². The first kappa shape index (κ1) is 26.8. The van der Waals surface area contributed by atoms with E-state index in [1.165, 1.54) is 26.4 Å². The average Bonchev–Trinajstić information content (AvgIpc) is 2.91. The molecule has 5 aliphatic rings. The molecule has 8 heteroatoms. The maximum atomic E-state index is 13.4. The minimum absolute atomic E-state index is 0.00451. The summed E-state index contributed by atoms with van der Waals surface area (Å²) in [5, 5.41) is 4.13. The molecule has 3 atom stereocenters. The van der Waals surface area contributed by atoms with E-state index in [1.54, 1.807) is 11.8 Å². The van der Waals surface area contributed by atoms with Crippen molar-refractivity contribution in [2.75, 3.05) is 44.5 Å². The van der Waals surface area contributed by atoms with E-state index in [0.717, 1.165) is 74.3 Å². The zero-order valence-corrected chi connectivity index (χ0v) is 23.5. The highest BCUT2D eigenvalue weighted by atomic mass is 32.2. The van der Waals surface area contributed by atoms with Crippen molar-refractivity contribution in [3.63, 3.8) is 0 Å². The molecule has 0 unspecified atom stereocenters. The molecular weight excluding hydrogens is 486 g/mol. The summed E-state index contributed by atoms with van der Waals surface area (Å²) in [6, 6.07) is 3.94. The summed E-state index contributed by atoms with van der Waals surface area (Å²) in [6.45, 7) is 4.61. The molecule has 1 aromatic heterocycles. The highest BCUT2D eigenvalue weighted by Gasteiger charge is 2.55. The number of thioether (sulfide) groups is 1. The van der Waals surface area contributed by atoms with Gasteiger partial charge in [-0.25, -0.2) is 4.98 Å². The first-order chi connectivity index (χ1) is 17.9. The van der Waals surface area contributed by atoms with Gasteiger partial charge >= 0.3 is 5.97 Å². The summed E-state index contributed by atoms with van der Waals surface area (Å²) < 4.78 is 10.9. The Hall–Kier alpha value is -1.80. The number of rotatable bonds is 10. The number of nitrogens with one attached hydrogen (secondary N) is 1. The summed E-state index contributed by atoms with van der Waals surface area (Å²) in [7, 11) is 3.34. The van der Waals surface area contributed by atoms with Crippen molar-refractivity contribution in [3.05, 3.63) is 17.7 Å². The topological polar surface area (TPSA) is 80.8 Å². The van der Waals surface area contributed by atoms with Crippen molar-refractivity contribution in [1.82, 2.24) is 10.3 Å². The fraction of sp³-hybridized carbons (Fsp3) is 0.759. The Morgan fingerprint density at radius 2 is 1.97 bits per heavy atom. The van der Waals surface area contributed by atoms with Crippen molar-refractivity contribution >= 4 is 29.5 Å². The van der Waals surface area contributed by atoms with E-state index in [1.807, 2.05) is 19.2 Å². The molecule has 4 bridgehead atoms. The van der Waals surface area contributed by atoms with E-state index < -0.39 is 0 Å². The zero-order chi connectivity index (χ0) is 26.0. The van der Waals surface area contributed by atoms with E-state index in [4.69, 9.17) is 14.5 Å². The van der Waals surface area contributed by atoms with Crippen molar-refractivity contribution in [2.24, 2.45) is 29.6 Å². The second-order valence-electron chi connectivity index (χ2n) is 11.8. The Morgan fingerprint density at radius 3 is 2.68 bits per heavy atom. The Balaban J connectivity index is 1.25.